The highest BCUT2D eigenvalue weighted by molar-refractivity contribution is 5.69. The maximum absolute atomic E-state index is 12.9. The van der Waals surface area contributed by atoms with E-state index >= 15 is 0 Å². The molecule has 1 aliphatic rings. The first-order valence-corrected chi connectivity index (χ1v) is 14.6. The van der Waals surface area contributed by atoms with E-state index in [1.165, 1.54) is 0 Å². The fraction of sp³-hybridized carbons (Fsp3) is 0.306. The van der Waals surface area contributed by atoms with Crippen molar-refractivity contribution in [3.8, 4) is 0 Å². The molecule has 0 radical (unpaired) electrons. The zero-order chi connectivity index (χ0) is 31.2. The highest BCUT2D eigenvalue weighted by Gasteiger charge is 2.73. The molecule has 8 nitrogen and oxygen atoms in total. The molecule has 4 aromatic carbocycles. The molecule has 5 rings (SSSR count). The molecule has 44 heavy (non-hydrogen) atoms. The van der Waals surface area contributed by atoms with Gasteiger partial charge in [-0.25, -0.2) is 0 Å². The summed E-state index contributed by atoms with van der Waals surface area (Å²) in [4.78, 5) is 12.3. The van der Waals surface area contributed by atoms with Crippen molar-refractivity contribution in [1.29, 1.82) is 0 Å². The molecule has 1 unspecified atom stereocenters. The van der Waals surface area contributed by atoms with Gasteiger partial charge >= 0.3 is 5.97 Å². The lowest BCUT2D eigenvalue weighted by atomic mass is 9.59. The van der Waals surface area contributed by atoms with Gasteiger partial charge in [-0.15, -0.1) is 0 Å². The fourth-order valence-corrected chi connectivity index (χ4v) is 6.27. The molecular formula is C36H38O8. The van der Waals surface area contributed by atoms with Crippen LogP contribution in [0.15, 0.2) is 121 Å². The van der Waals surface area contributed by atoms with Gasteiger partial charge in [0.15, 0.2) is 11.9 Å². The normalized spacial score (nSPS) is 27.5. The SMILES string of the molecule is O=C(O)C[C@]1(O)[C@@H](OCc2ccccc2)O[C@H](C(O)Cc2ccccc2)[C@](O)(Cc2ccccc2)[C@@]1(O)Cc1ccccc1. The lowest BCUT2D eigenvalue weighted by molar-refractivity contribution is -0.410. The Morgan fingerprint density at radius 3 is 1.64 bits per heavy atom. The average molecular weight is 599 g/mol. The third kappa shape index (κ3) is 6.46. The first-order chi connectivity index (χ1) is 21.1. The molecule has 5 N–H and O–H groups in total. The minimum absolute atomic E-state index is 0.0484. The van der Waals surface area contributed by atoms with Crippen LogP contribution in [-0.2, 0) is 40.1 Å². The van der Waals surface area contributed by atoms with Crippen LogP contribution < -0.4 is 0 Å². The van der Waals surface area contributed by atoms with Gasteiger partial charge in [0.05, 0.1) is 19.1 Å². The molecule has 0 bridgehead atoms. The van der Waals surface area contributed by atoms with Crippen molar-refractivity contribution in [2.75, 3.05) is 0 Å². The summed E-state index contributed by atoms with van der Waals surface area (Å²) in [5, 5.41) is 59.9. The molecule has 0 spiro atoms. The van der Waals surface area contributed by atoms with Crippen molar-refractivity contribution in [3.63, 3.8) is 0 Å². The second-order valence-corrected chi connectivity index (χ2v) is 11.5. The molecule has 8 heteroatoms. The molecule has 230 valence electrons. The summed E-state index contributed by atoms with van der Waals surface area (Å²) in [6.45, 7) is -0.0898. The van der Waals surface area contributed by atoms with Crippen molar-refractivity contribution >= 4 is 5.97 Å². The Bertz CT molecular complexity index is 1490. The number of carboxylic acids is 1. The molecular weight excluding hydrogens is 560 g/mol. The van der Waals surface area contributed by atoms with Crippen molar-refractivity contribution in [2.24, 2.45) is 0 Å². The highest BCUT2D eigenvalue weighted by Crippen LogP contribution is 2.51. The largest absolute Gasteiger partial charge is 0.481 e. The van der Waals surface area contributed by atoms with Crippen molar-refractivity contribution in [2.45, 2.75) is 67.6 Å². The summed E-state index contributed by atoms with van der Waals surface area (Å²) in [6.07, 6.45) is -6.21. The Hall–Kier alpha value is -3.89. The van der Waals surface area contributed by atoms with E-state index in [-0.39, 0.29) is 25.9 Å². The topological polar surface area (TPSA) is 137 Å². The maximum atomic E-state index is 12.9. The number of aliphatic hydroxyl groups is 4. The first-order valence-electron chi connectivity index (χ1n) is 14.6. The zero-order valence-electron chi connectivity index (χ0n) is 24.3. The number of rotatable bonds is 12. The summed E-state index contributed by atoms with van der Waals surface area (Å²) in [7, 11) is 0. The smallest absolute Gasteiger partial charge is 0.306 e. The maximum Gasteiger partial charge on any atom is 0.306 e. The minimum atomic E-state index is -2.66. The molecule has 0 aliphatic carbocycles. The number of aliphatic hydroxyl groups excluding tert-OH is 1. The molecule has 1 aliphatic heterocycles. The van der Waals surface area contributed by atoms with E-state index in [1.54, 1.807) is 84.9 Å². The van der Waals surface area contributed by atoms with Crippen molar-refractivity contribution < 1.29 is 39.8 Å². The summed E-state index contributed by atoms with van der Waals surface area (Å²) in [5.41, 5.74) is -5.05. The molecule has 0 saturated carbocycles. The molecule has 4 aromatic rings. The van der Waals surface area contributed by atoms with Crippen molar-refractivity contribution in [1.82, 2.24) is 0 Å². The van der Waals surface area contributed by atoms with Gasteiger partial charge in [0.2, 0.25) is 0 Å². The number of carboxylic acid groups (broad SMARTS) is 1. The summed E-state index contributed by atoms with van der Waals surface area (Å²) in [5.74, 6) is -1.43. The zero-order valence-corrected chi connectivity index (χ0v) is 24.3. The third-order valence-corrected chi connectivity index (χ3v) is 8.48. The lowest BCUT2D eigenvalue weighted by Crippen LogP contribution is -2.83. The van der Waals surface area contributed by atoms with E-state index in [4.69, 9.17) is 9.47 Å². The van der Waals surface area contributed by atoms with Gasteiger partial charge < -0.3 is 35.0 Å². The Kier molecular flexibility index (Phi) is 9.60. The Morgan fingerprint density at radius 2 is 1.14 bits per heavy atom. The van der Waals surface area contributed by atoms with Crippen LogP contribution in [0.4, 0.5) is 0 Å². The quantitative estimate of drug-likeness (QED) is 0.167. The van der Waals surface area contributed by atoms with Gasteiger partial charge in [0.25, 0.3) is 0 Å². The molecule has 0 aromatic heterocycles. The Labute approximate surface area is 256 Å². The predicted octanol–water partition coefficient (Wildman–Crippen LogP) is 3.69. The minimum Gasteiger partial charge on any atom is -0.481 e. The summed E-state index contributed by atoms with van der Waals surface area (Å²) < 4.78 is 12.4. The van der Waals surface area contributed by atoms with E-state index in [0.717, 1.165) is 5.56 Å². The number of carbonyl (C=O) groups is 1. The monoisotopic (exact) mass is 598 g/mol. The van der Waals surface area contributed by atoms with Crippen LogP contribution in [0.3, 0.4) is 0 Å². The Morgan fingerprint density at radius 1 is 0.682 bits per heavy atom. The van der Waals surface area contributed by atoms with Crippen LogP contribution in [0.1, 0.15) is 28.7 Å². The second-order valence-electron chi connectivity index (χ2n) is 11.5. The van der Waals surface area contributed by atoms with E-state index < -0.39 is 47.7 Å². The number of hydrogen-bond acceptors (Lipinski definition) is 7. The van der Waals surface area contributed by atoms with Crippen LogP contribution in [-0.4, -0.2) is 66.8 Å². The lowest BCUT2D eigenvalue weighted by Gasteiger charge is -2.61. The van der Waals surface area contributed by atoms with Gasteiger partial charge in [0.1, 0.15) is 17.3 Å². The van der Waals surface area contributed by atoms with Crippen LogP contribution in [0.2, 0.25) is 0 Å². The highest BCUT2D eigenvalue weighted by atomic mass is 16.7. The van der Waals surface area contributed by atoms with Crippen LogP contribution in [0.25, 0.3) is 0 Å². The van der Waals surface area contributed by atoms with Crippen LogP contribution in [0, 0.1) is 0 Å². The molecule has 0 amide bonds. The number of ether oxygens (including phenoxy) is 2. The van der Waals surface area contributed by atoms with Gasteiger partial charge in [-0.2, -0.15) is 0 Å². The Balaban J connectivity index is 1.66. The van der Waals surface area contributed by atoms with Gasteiger partial charge in [-0.05, 0) is 22.3 Å². The number of hydrogen-bond donors (Lipinski definition) is 5. The van der Waals surface area contributed by atoms with E-state index in [0.29, 0.717) is 16.7 Å². The van der Waals surface area contributed by atoms with Gasteiger partial charge in [-0.1, -0.05) is 121 Å². The van der Waals surface area contributed by atoms with E-state index in [2.05, 4.69) is 0 Å². The van der Waals surface area contributed by atoms with Gasteiger partial charge in [0, 0.05) is 19.3 Å². The van der Waals surface area contributed by atoms with Crippen LogP contribution >= 0.6 is 0 Å². The number of benzene rings is 4. The molecule has 6 atom stereocenters. The van der Waals surface area contributed by atoms with E-state index in [9.17, 15) is 30.3 Å². The average Bonchev–Trinajstić information content (AvgIpc) is 3.02. The molecule has 1 fully saturated rings. The summed E-state index contributed by atoms with van der Waals surface area (Å²) in [6, 6.07) is 35.7. The summed E-state index contributed by atoms with van der Waals surface area (Å²) >= 11 is 0. The third-order valence-electron chi connectivity index (χ3n) is 8.48. The first kappa shape index (κ1) is 31.5. The predicted molar refractivity (Wildman–Crippen MR) is 163 cm³/mol. The fourth-order valence-electron chi connectivity index (χ4n) is 6.27. The second kappa shape index (κ2) is 13.4. The van der Waals surface area contributed by atoms with Gasteiger partial charge in [-0.3, -0.25) is 4.79 Å². The molecule has 1 saturated heterocycles. The molecule has 1 heterocycles. The van der Waals surface area contributed by atoms with Crippen LogP contribution in [0.5, 0.6) is 0 Å². The number of aliphatic carboxylic acids is 1. The standard InChI is InChI=1S/C36H38O8/c37-30(21-26-13-5-1-6-14-26)32-34(40,22-27-15-7-2-8-16-27)36(42,23-28-17-9-3-10-18-28)35(41,24-31(38)39)33(44-32)43-25-29-19-11-4-12-20-29/h1-20,30,32-33,37,40-42H,21-25H2,(H,38,39)/t30?,32-,33+,34-,35+,36+/m1/s1. The van der Waals surface area contributed by atoms with Crippen molar-refractivity contribution in [3.05, 3.63) is 144 Å². The van der Waals surface area contributed by atoms with E-state index in [1.807, 2.05) is 36.4 Å².